The van der Waals surface area contributed by atoms with E-state index in [-0.39, 0.29) is 5.92 Å². The fourth-order valence-corrected chi connectivity index (χ4v) is 4.67. The van der Waals surface area contributed by atoms with Gasteiger partial charge in [0, 0.05) is 35.6 Å². The zero-order valence-electron chi connectivity index (χ0n) is 14.1. The number of piperidine rings is 2. The molecule has 3 heterocycles. The van der Waals surface area contributed by atoms with Crippen molar-refractivity contribution < 1.29 is 4.79 Å². The highest BCUT2D eigenvalue weighted by Crippen LogP contribution is 2.44. The summed E-state index contributed by atoms with van der Waals surface area (Å²) in [5.74, 6) is 1.51. The third-order valence-corrected chi connectivity index (χ3v) is 6.00. The van der Waals surface area contributed by atoms with Gasteiger partial charge >= 0.3 is 0 Å². The summed E-state index contributed by atoms with van der Waals surface area (Å²) < 4.78 is 0. The summed E-state index contributed by atoms with van der Waals surface area (Å²) in [7, 11) is 0. The van der Waals surface area contributed by atoms with Gasteiger partial charge in [-0.2, -0.15) is 0 Å². The molecular weight excluding hydrogens is 284 g/mol. The Morgan fingerprint density at radius 3 is 2.87 bits per heavy atom. The first-order valence-electron chi connectivity index (χ1n) is 9.04. The lowest BCUT2D eigenvalue weighted by atomic mass is 9.70. The summed E-state index contributed by atoms with van der Waals surface area (Å²) in [5.41, 5.74) is 2.43. The Bertz CT molecular complexity index is 713. The molecule has 23 heavy (non-hydrogen) atoms. The molecule has 2 aliphatic heterocycles. The monoisotopic (exact) mass is 310 g/mol. The summed E-state index contributed by atoms with van der Waals surface area (Å²) >= 11 is 0. The van der Waals surface area contributed by atoms with E-state index in [0.717, 1.165) is 17.9 Å². The molecule has 0 radical (unpaired) electrons. The minimum atomic E-state index is 0.258. The molecule has 3 nitrogen and oxygen atoms in total. The molecule has 122 valence electrons. The van der Waals surface area contributed by atoms with E-state index in [1.165, 1.54) is 30.2 Å². The van der Waals surface area contributed by atoms with Crippen molar-refractivity contribution in [2.75, 3.05) is 0 Å². The number of amides is 1. The Balaban J connectivity index is 1.51. The maximum Gasteiger partial charge on any atom is 0.223 e. The predicted octanol–water partition coefficient (Wildman–Crippen LogP) is 4.45. The van der Waals surface area contributed by atoms with E-state index in [4.69, 9.17) is 0 Å². The molecule has 3 aliphatic rings. The maximum absolute atomic E-state index is 13.0. The average molecular weight is 310 g/mol. The van der Waals surface area contributed by atoms with E-state index in [1.54, 1.807) is 0 Å². The highest BCUT2D eigenvalue weighted by molar-refractivity contribution is 5.85. The van der Waals surface area contributed by atoms with Gasteiger partial charge < -0.3 is 9.88 Å². The second-order valence-corrected chi connectivity index (χ2v) is 7.48. The van der Waals surface area contributed by atoms with Crippen LogP contribution in [-0.4, -0.2) is 27.9 Å². The molecule has 2 atom stereocenters. The maximum atomic E-state index is 13.0. The lowest BCUT2D eigenvalue weighted by Gasteiger charge is -2.54. The summed E-state index contributed by atoms with van der Waals surface area (Å²) in [6.07, 6.45) is 7.50. The van der Waals surface area contributed by atoms with Crippen LogP contribution < -0.4 is 0 Å². The van der Waals surface area contributed by atoms with Crippen LogP contribution in [0.5, 0.6) is 0 Å². The molecule has 1 aliphatic carbocycles. The first-order valence-corrected chi connectivity index (χ1v) is 9.04. The Labute approximate surface area is 138 Å². The zero-order valence-corrected chi connectivity index (χ0v) is 14.1. The lowest BCUT2D eigenvalue weighted by molar-refractivity contribution is -0.147. The number of hydrogen-bond donors (Lipinski definition) is 1. The van der Waals surface area contributed by atoms with Crippen molar-refractivity contribution >= 4 is 16.8 Å². The van der Waals surface area contributed by atoms with Crippen LogP contribution in [0.2, 0.25) is 0 Å². The van der Waals surface area contributed by atoms with Gasteiger partial charge in [0.1, 0.15) is 0 Å². The van der Waals surface area contributed by atoms with E-state index in [0.29, 0.717) is 24.4 Å². The molecule has 1 N–H and O–H groups in total. The van der Waals surface area contributed by atoms with Crippen LogP contribution in [0.4, 0.5) is 0 Å². The van der Waals surface area contributed by atoms with Gasteiger partial charge in [-0.25, -0.2) is 0 Å². The van der Waals surface area contributed by atoms with Gasteiger partial charge in [0.2, 0.25) is 5.91 Å². The Morgan fingerprint density at radius 1 is 1.30 bits per heavy atom. The van der Waals surface area contributed by atoms with Crippen molar-refractivity contribution in [3.8, 4) is 0 Å². The van der Waals surface area contributed by atoms with E-state index in [2.05, 4.69) is 48.1 Å². The molecule has 1 aromatic heterocycles. The van der Waals surface area contributed by atoms with E-state index in [9.17, 15) is 4.79 Å². The minimum Gasteiger partial charge on any atom is -0.361 e. The van der Waals surface area contributed by atoms with Crippen LogP contribution in [0, 0.1) is 5.92 Å². The fraction of sp³-hybridized carbons (Fsp3) is 0.550. The number of fused-ring (bicyclic) bond motifs is 3. The molecule has 1 saturated carbocycles. The molecule has 2 aromatic rings. The third kappa shape index (κ3) is 2.46. The van der Waals surface area contributed by atoms with Crippen molar-refractivity contribution in [1.29, 1.82) is 0 Å². The Kier molecular flexibility index (Phi) is 3.67. The molecule has 2 unspecified atom stereocenters. The number of aromatic amines is 1. The normalized spacial score (nSPS) is 27.7. The standard InChI is InChI=1S/C20H26N2O/c1-3-15-9-14-10-16(11-14)22(15)20(23)8-13(2)18-12-21-19-7-5-4-6-17(18)19/h4-7,12-16,21H,3,8-11H2,1-2H3. The van der Waals surface area contributed by atoms with Crippen LogP contribution in [0.1, 0.15) is 57.4 Å². The van der Waals surface area contributed by atoms with Gasteiger partial charge in [-0.15, -0.1) is 0 Å². The summed E-state index contributed by atoms with van der Waals surface area (Å²) in [5, 5.41) is 1.25. The minimum absolute atomic E-state index is 0.258. The van der Waals surface area contributed by atoms with Crippen LogP contribution in [0.3, 0.4) is 0 Å². The molecule has 5 rings (SSSR count). The second kappa shape index (κ2) is 5.70. The molecule has 2 saturated heterocycles. The van der Waals surface area contributed by atoms with Gasteiger partial charge in [-0.3, -0.25) is 4.79 Å². The number of nitrogens with one attached hydrogen (secondary N) is 1. The van der Waals surface area contributed by atoms with Crippen LogP contribution >= 0.6 is 0 Å². The molecule has 2 bridgehead atoms. The number of aromatic nitrogens is 1. The van der Waals surface area contributed by atoms with Crippen LogP contribution in [0.25, 0.3) is 10.9 Å². The predicted molar refractivity (Wildman–Crippen MR) is 93.4 cm³/mol. The third-order valence-electron chi connectivity index (χ3n) is 6.00. The zero-order chi connectivity index (χ0) is 16.0. The van der Waals surface area contributed by atoms with Crippen molar-refractivity contribution in [1.82, 2.24) is 9.88 Å². The van der Waals surface area contributed by atoms with Crippen LogP contribution in [-0.2, 0) is 4.79 Å². The van der Waals surface area contributed by atoms with Crippen molar-refractivity contribution in [2.45, 2.75) is 64.0 Å². The molecule has 1 aromatic carbocycles. The quantitative estimate of drug-likeness (QED) is 0.889. The highest BCUT2D eigenvalue weighted by atomic mass is 16.2. The molecule has 1 amide bonds. The van der Waals surface area contributed by atoms with Crippen molar-refractivity contribution in [3.63, 3.8) is 0 Å². The summed E-state index contributed by atoms with van der Waals surface area (Å²) in [6, 6.07) is 9.37. The average Bonchev–Trinajstić information content (AvgIpc) is 2.97. The van der Waals surface area contributed by atoms with E-state index >= 15 is 0 Å². The Morgan fingerprint density at radius 2 is 2.09 bits per heavy atom. The first-order chi connectivity index (χ1) is 11.2. The number of rotatable bonds is 4. The van der Waals surface area contributed by atoms with E-state index < -0.39 is 0 Å². The van der Waals surface area contributed by atoms with Gasteiger partial charge in [0.25, 0.3) is 0 Å². The largest absolute Gasteiger partial charge is 0.361 e. The Hall–Kier alpha value is -1.77. The van der Waals surface area contributed by atoms with Gasteiger partial charge in [0.05, 0.1) is 0 Å². The fourth-order valence-electron chi connectivity index (χ4n) is 4.67. The number of nitrogens with zero attached hydrogens (tertiary/aromatic N) is 1. The lowest BCUT2D eigenvalue weighted by Crippen LogP contribution is -2.58. The molecule has 3 fully saturated rings. The SMILES string of the molecule is CCC1CC2CC(C2)N1C(=O)CC(C)c1c[nH]c2ccccc12. The number of hydrogen-bond acceptors (Lipinski definition) is 1. The number of carbonyl (C=O) groups is 1. The first kappa shape index (κ1) is 14.8. The van der Waals surface area contributed by atoms with Gasteiger partial charge in [0.15, 0.2) is 0 Å². The number of benzene rings is 1. The highest BCUT2D eigenvalue weighted by Gasteiger charge is 2.45. The summed E-state index contributed by atoms with van der Waals surface area (Å²) in [4.78, 5) is 18.5. The number of carbonyl (C=O) groups excluding carboxylic acids is 1. The molecule has 3 heteroatoms. The van der Waals surface area contributed by atoms with Crippen molar-refractivity contribution in [2.24, 2.45) is 5.92 Å². The van der Waals surface area contributed by atoms with Gasteiger partial charge in [-0.1, -0.05) is 32.0 Å². The summed E-state index contributed by atoms with van der Waals surface area (Å²) in [6.45, 7) is 4.40. The molecular formula is C20H26N2O. The van der Waals surface area contributed by atoms with E-state index in [1.807, 2.05) is 6.07 Å². The second-order valence-electron chi connectivity index (χ2n) is 7.48. The number of H-pyrrole nitrogens is 1. The molecule has 0 spiro atoms. The number of para-hydroxylation sites is 1. The van der Waals surface area contributed by atoms with Crippen LogP contribution in [0.15, 0.2) is 30.5 Å². The van der Waals surface area contributed by atoms with Crippen molar-refractivity contribution in [3.05, 3.63) is 36.0 Å². The topological polar surface area (TPSA) is 36.1 Å². The van der Waals surface area contributed by atoms with Gasteiger partial charge in [-0.05, 0) is 49.1 Å². The smallest absolute Gasteiger partial charge is 0.223 e.